The lowest BCUT2D eigenvalue weighted by Gasteiger charge is -2.23. The molecule has 0 saturated carbocycles. The Morgan fingerprint density at radius 3 is 2.64 bits per heavy atom. The number of fused-ring (bicyclic) bond motifs is 1. The highest BCUT2D eigenvalue weighted by atomic mass is 79.9. The molecule has 0 amide bonds. The van der Waals surface area contributed by atoms with Crippen molar-refractivity contribution in [3.63, 3.8) is 0 Å². The summed E-state index contributed by atoms with van der Waals surface area (Å²) in [4.78, 5) is 11.1. The van der Waals surface area contributed by atoms with Gasteiger partial charge in [0.25, 0.3) is 0 Å². The van der Waals surface area contributed by atoms with Crippen molar-refractivity contribution in [3.8, 4) is 0 Å². The van der Waals surface area contributed by atoms with Crippen LogP contribution in [0.15, 0.2) is 27.2 Å². The molecule has 0 radical (unpaired) electrons. The quantitative estimate of drug-likeness (QED) is 0.707. The van der Waals surface area contributed by atoms with Crippen molar-refractivity contribution in [3.05, 3.63) is 45.6 Å². The van der Waals surface area contributed by atoms with Crippen LogP contribution in [0.4, 0.5) is 5.69 Å². The van der Waals surface area contributed by atoms with E-state index in [0.717, 1.165) is 32.3 Å². The van der Waals surface area contributed by atoms with Gasteiger partial charge in [-0.3, -0.25) is 4.98 Å². The number of benzene rings is 1. The minimum Gasteiger partial charge on any atom is -0.366 e. The average molecular weight is 361 g/mol. The summed E-state index contributed by atoms with van der Waals surface area (Å²) in [6.45, 7) is 6.51. The van der Waals surface area contributed by atoms with Gasteiger partial charge in [-0.25, -0.2) is 0 Å². The fourth-order valence-corrected chi connectivity index (χ4v) is 2.98. The highest BCUT2D eigenvalue weighted by molar-refractivity contribution is 9.10. The number of anilines is 1. The third-order valence-corrected chi connectivity index (χ3v) is 4.22. The van der Waals surface area contributed by atoms with Gasteiger partial charge in [0, 0.05) is 29.5 Å². The van der Waals surface area contributed by atoms with E-state index in [9.17, 15) is 0 Å². The molecule has 2 heterocycles. The van der Waals surface area contributed by atoms with Crippen LogP contribution in [0.5, 0.6) is 0 Å². The summed E-state index contributed by atoms with van der Waals surface area (Å²) in [5.74, 6) is 1.26. The van der Waals surface area contributed by atoms with Crippen molar-refractivity contribution >= 4 is 32.5 Å². The summed E-state index contributed by atoms with van der Waals surface area (Å²) >= 11 is 3.54. The molecule has 5 nitrogen and oxygen atoms in total. The number of rotatable bonds is 3. The van der Waals surface area contributed by atoms with Gasteiger partial charge < -0.3 is 9.42 Å². The van der Waals surface area contributed by atoms with E-state index in [-0.39, 0.29) is 0 Å². The SMILES string of the molecule is Cc1nc(CN(C)c2c(C)c(C)nc3ccc(Br)cc23)no1. The zero-order chi connectivity index (χ0) is 15.9. The number of nitrogens with zero attached hydrogens (tertiary/aromatic N) is 4. The predicted octanol–water partition coefficient (Wildman–Crippen LogP) is 3.94. The largest absolute Gasteiger partial charge is 0.366 e. The van der Waals surface area contributed by atoms with Gasteiger partial charge >= 0.3 is 0 Å². The Bertz CT molecular complexity index is 844. The Morgan fingerprint density at radius 1 is 1.18 bits per heavy atom. The Kier molecular flexibility index (Phi) is 3.87. The zero-order valence-corrected chi connectivity index (χ0v) is 14.6. The molecule has 6 heteroatoms. The van der Waals surface area contributed by atoms with Gasteiger partial charge in [-0.2, -0.15) is 4.98 Å². The van der Waals surface area contributed by atoms with Gasteiger partial charge in [0.15, 0.2) is 5.82 Å². The van der Waals surface area contributed by atoms with Crippen LogP contribution in [0.1, 0.15) is 23.0 Å². The first-order chi connectivity index (χ1) is 10.5. The molecule has 0 unspecified atom stereocenters. The van der Waals surface area contributed by atoms with E-state index in [1.54, 1.807) is 6.92 Å². The van der Waals surface area contributed by atoms with E-state index < -0.39 is 0 Å². The van der Waals surface area contributed by atoms with Crippen LogP contribution in [0.25, 0.3) is 10.9 Å². The molecule has 0 saturated heterocycles. The molecule has 0 fully saturated rings. The average Bonchev–Trinajstić information content (AvgIpc) is 2.86. The summed E-state index contributed by atoms with van der Waals surface area (Å²) in [6.07, 6.45) is 0. The summed E-state index contributed by atoms with van der Waals surface area (Å²) < 4.78 is 6.09. The van der Waals surface area contributed by atoms with E-state index >= 15 is 0 Å². The van der Waals surface area contributed by atoms with Crippen LogP contribution in [0.3, 0.4) is 0 Å². The molecule has 0 aliphatic heterocycles. The van der Waals surface area contributed by atoms with E-state index in [2.05, 4.69) is 48.9 Å². The molecule has 22 heavy (non-hydrogen) atoms. The molecule has 0 N–H and O–H groups in total. The third-order valence-electron chi connectivity index (χ3n) is 3.73. The van der Waals surface area contributed by atoms with E-state index in [0.29, 0.717) is 18.3 Å². The molecular formula is C16H17BrN4O. The van der Waals surface area contributed by atoms with Crippen LogP contribution >= 0.6 is 15.9 Å². The summed E-state index contributed by atoms with van der Waals surface area (Å²) in [6, 6.07) is 6.14. The maximum Gasteiger partial charge on any atom is 0.223 e. The van der Waals surface area contributed by atoms with Crippen molar-refractivity contribution in [2.24, 2.45) is 0 Å². The predicted molar refractivity (Wildman–Crippen MR) is 90.1 cm³/mol. The Balaban J connectivity index is 2.11. The lowest BCUT2D eigenvalue weighted by molar-refractivity contribution is 0.387. The fourth-order valence-electron chi connectivity index (χ4n) is 2.62. The first kappa shape index (κ1) is 15.0. The molecule has 3 aromatic rings. The summed E-state index contributed by atoms with van der Waals surface area (Å²) in [5, 5.41) is 5.09. The van der Waals surface area contributed by atoms with Gasteiger partial charge in [-0.15, -0.1) is 0 Å². The minimum absolute atomic E-state index is 0.582. The molecule has 0 atom stereocenters. The number of aryl methyl sites for hydroxylation is 2. The standard InChI is InChI=1S/C16H17BrN4O/c1-9-10(2)18-14-6-5-12(17)7-13(14)16(9)21(4)8-15-19-11(3)22-20-15/h5-7H,8H2,1-4H3. The van der Waals surface area contributed by atoms with Crippen molar-refractivity contribution in [2.75, 3.05) is 11.9 Å². The molecule has 3 rings (SSSR count). The normalized spacial score (nSPS) is 11.1. The van der Waals surface area contributed by atoms with Gasteiger partial charge in [0.1, 0.15) is 0 Å². The lowest BCUT2D eigenvalue weighted by Crippen LogP contribution is -2.19. The smallest absolute Gasteiger partial charge is 0.223 e. The molecular weight excluding hydrogens is 344 g/mol. The van der Waals surface area contributed by atoms with Gasteiger partial charge in [-0.1, -0.05) is 21.1 Å². The van der Waals surface area contributed by atoms with Crippen molar-refractivity contribution < 1.29 is 4.52 Å². The second kappa shape index (κ2) is 5.68. The Morgan fingerprint density at radius 2 is 1.95 bits per heavy atom. The lowest BCUT2D eigenvalue weighted by atomic mass is 10.1. The summed E-state index contributed by atoms with van der Waals surface area (Å²) in [7, 11) is 2.04. The molecule has 1 aromatic carbocycles. The van der Waals surface area contributed by atoms with E-state index in [1.807, 2.05) is 26.1 Å². The van der Waals surface area contributed by atoms with Crippen LogP contribution < -0.4 is 4.90 Å². The number of pyridine rings is 1. The number of aromatic nitrogens is 3. The second-order valence-electron chi connectivity index (χ2n) is 5.42. The maximum atomic E-state index is 5.05. The fraction of sp³-hybridized carbons (Fsp3) is 0.312. The van der Waals surface area contributed by atoms with Gasteiger partial charge in [-0.05, 0) is 37.6 Å². The summed E-state index contributed by atoms with van der Waals surface area (Å²) in [5.41, 5.74) is 4.32. The highest BCUT2D eigenvalue weighted by Crippen LogP contribution is 2.33. The van der Waals surface area contributed by atoms with Crippen molar-refractivity contribution in [2.45, 2.75) is 27.3 Å². The molecule has 114 valence electrons. The molecule has 0 spiro atoms. The second-order valence-corrected chi connectivity index (χ2v) is 6.33. The maximum absolute atomic E-state index is 5.05. The van der Waals surface area contributed by atoms with Crippen LogP contribution in [0, 0.1) is 20.8 Å². The highest BCUT2D eigenvalue weighted by Gasteiger charge is 2.15. The molecule has 2 aromatic heterocycles. The third kappa shape index (κ3) is 2.70. The molecule has 0 aliphatic carbocycles. The van der Waals surface area contributed by atoms with Crippen LogP contribution in [0.2, 0.25) is 0 Å². The topological polar surface area (TPSA) is 55.1 Å². The number of hydrogen-bond acceptors (Lipinski definition) is 5. The van der Waals surface area contributed by atoms with Crippen molar-refractivity contribution in [1.29, 1.82) is 0 Å². The number of hydrogen-bond donors (Lipinski definition) is 0. The van der Waals surface area contributed by atoms with E-state index in [4.69, 9.17) is 4.52 Å². The first-order valence-corrected chi connectivity index (χ1v) is 7.82. The monoisotopic (exact) mass is 360 g/mol. The van der Waals surface area contributed by atoms with Crippen LogP contribution in [-0.4, -0.2) is 22.2 Å². The van der Waals surface area contributed by atoms with Gasteiger partial charge in [0.05, 0.1) is 17.7 Å². The Labute approximate surface area is 137 Å². The van der Waals surface area contributed by atoms with Gasteiger partial charge in [0.2, 0.25) is 5.89 Å². The first-order valence-electron chi connectivity index (χ1n) is 7.02. The number of halogens is 1. The van der Waals surface area contributed by atoms with Crippen LogP contribution in [-0.2, 0) is 6.54 Å². The minimum atomic E-state index is 0.582. The Hall–Kier alpha value is -1.95. The molecule has 0 bridgehead atoms. The zero-order valence-electron chi connectivity index (χ0n) is 13.0. The van der Waals surface area contributed by atoms with Crippen molar-refractivity contribution in [1.82, 2.24) is 15.1 Å². The van der Waals surface area contributed by atoms with E-state index in [1.165, 1.54) is 0 Å². The molecule has 0 aliphatic rings.